The molecule has 2 aromatic carbocycles. The Kier molecular flexibility index (Phi) is 7.88. The number of hydrogen-bond acceptors (Lipinski definition) is 6. The summed E-state index contributed by atoms with van der Waals surface area (Å²) >= 11 is 6.64. The number of rotatable bonds is 11. The fourth-order valence-electron chi connectivity index (χ4n) is 4.38. The SMILES string of the molecule is COc1ccc(N2c3c(c(Cl)nc4c(OCCF)cccc34)CC2(OCCF)OCCF)c(C)c1. The monoisotopic (exact) mass is 510 g/mol. The van der Waals surface area contributed by atoms with Crippen molar-refractivity contribution in [1.82, 2.24) is 4.98 Å². The number of halogens is 4. The van der Waals surface area contributed by atoms with Gasteiger partial charge in [0.05, 0.1) is 32.4 Å². The molecule has 1 aliphatic rings. The summed E-state index contributed by atoms with van der Waals surface area (Å²) in [7, 11) is 1.57. The first-order chi connectivity index (χ1) is 17.0. The topological polar surface area (TPSA) is 53.1 Å². The number of aromatic nitrogens is 1. The van der Waals surface area contributed by atoms with Crippen molar-refractivity contribution in [3.05, 3.63) is 52.7 Å². The first kappa shape index (κ1) is 25.3. The van der Waals surface area contributed by atoms with Crippen LogP contribution in [0.1, 0.15) is 11.1 Å². The van der Waals surface area contributed by atoms with Gasteiger partial charge in [-0.05, 0) is 36.8 Å². The van der Waals surface area contributed by atoms with Crippen molar-refractivity contribution >= 4 is 33.9 Å². The Morgan fingerprint density at radius 1 is 1.03 bits per heavy atom. The van der Waals surface area contributed by atoms with Gasteiger partial charge in [0.1, 0.15) is 48.8 Å². The summed E-state index contributed by atoms with van der Waals surface area (Å²) in [5.41, 5.74) is 3.10. The van der Waals surface area contributed by atoms with Crippen LogP contribution in [0.2, 0.25) is 5.15 Å². The molecule has 0 unspecified atom stereocenters. The Bertz CT molecular complexity index is 1190. The molecule has 0 aliphatic carbocycles. The second-order valence-electron chi connectivity index (χ2n) is 7.87. The molecular formula is C25H26ClF3N2O4. The number of fused-ring (bicyclic) bond motifs is 3. The highest BCUT2D eigenvalue weighted by molar-refractivity contribution is 6.31. The third-order valence-corrected chi connectivity index (χ3v) is 6.07. The molecular weight excluding hydrogens is 485 g/mol. The summed E-state index contributed by atoms with van der Waals surface area (Å²) in [6.07, 6.45) is 0.0745. The summed E-state index contributed by atoms with van der Waals surface area (Å²) < 4.78 is 62.3. The van der Waals surface area contributed by atoms with Gasteiger partial charge in [-0.1, -0.05) is 23.7 Å². The maximum absolute atomic E-state index is 13.3. The molecule has 0 fully saturated rings. The number of aryl methyl sites for hydroxylation is 1. The molecule has 0 saturated carbocycles. The number of alkyl halides is 3. The fourth-order valence-corrected chi connectivity index (χ4v) is 4.62. The third-order valence-electron chi connectivity index (χ3n) is 5.75. The van der Waals surface area contributed by atoms with E-state index in [1.807, 2.05) is 25.1 Å². The maximum atomic E-state index is 13.3. The minimum Gasteiger partial charge on any atom is -0.497 e. The Morgan fingerprint density at radius 3 is 2.37 bits per heavy atom. The second-order valence-corrected chi connectivity index (χ2v) is 8.23. The van der Waals surface area contributed by atoms with Gasteiger partial charge in [0, 0.05) is 16.6 Å². The molecule has 3 aromatic rings. The van der Waals surface area contributed by atoms with E-state index < -0.39 is 25.9 Å². The summed E-state index contributed by atoms with van der Waals surface area (Å²) in [5.74, 6) is -0.566. The molecule has 0 spiro atoms. The van der Waals surface area contributed by atoms with Crippen molar-refractivity contribution < 1.29 is 32.1 Å². The normalized spacial score (nSPS) is 14.4. The van der Waals surface area contributed by atoms with Crippen LogP contribution in [0.4, 0.5) is 24.5 Å². The van der Waals surface area contributed by atoms with Gasteiger partial charge in [-0.3, -0.25) is 4.90 Å². The van der Waals surface area contributed by atoms with Gasteiger partial charge >= 0.3 is 0 Å². The van der Waals surface area contributed by atoms with Crippen LogP contribution in [0.5, 0.6) is 11.5 Å². The van der Waals surface area contributed by atoms with E-state index in [1.54, 1.807) is 30.2 Å². The number of pyridine rings is 1. The van der Waals surface area contributed by atoms with Crippen molar-refractivity contribution in [2.45, 2.75) is 19.3 Å². The molecule has 0 amide bonds. The highest BCUT2D eigenvalue weighted by Gasteiger charge is 2.50. The fraction of sp³-hybridized carbons (Fsp3) is 0.400. The van der Waals surface area contributed by atoms with E-state index in [4.69, 9.17) is 30.5 Å². The molecule has 0 N–H and O–H groups in total. The molecule has 1 aliphatic heterocycles. The molecule has 4 rings (SSSR count). The number of hydrogen-bond donors (Lipinski definition) is 0. The molecule has 10 heteroatoms. The zero-order chi connectivity index (χ0) is 25.0. The van der Waals surface area contributed by atoms with Crippen molar-refractivity contribution in [2.24, 2.45) is 0 Å². The van der Waals surface area contributed by atoms with E-state index in [9.17, 15) is 13.2 Å². The maximum Gasteiger partial charge on any atom is 0.260 e. The van der Waals surface area contributed by atoms with Crippen LogP contribution in [0, 0.1) is 6.92 Å². The van der Waals surface area contributed by atoms with Crippen LogP contribution in [0.25, 0.3) is 10.9 Å². The van der Waals surface area contributed by atoms with Crippen molar-refractivity contribution in [3.63, 3.8) is 0 Å². The molecule has 188 valence electrons. The number of anilines is 2. The number of methoxy groups -OCH3 is 1. The summed E-state index contributed by atoms with van der Waals surface area (Å²) in [4.78, 5) is 6.28. The molecule has 0 atom stereocenters. The van der Waals surface area contributed by atoms with Gasteiger partial charge in [0.15, 0.2) is 0 Å². The molecule has 1 aromatic heterocycles. The smallest absolute Gasteiger partial charge is 0.260 e. The van der Waals surface area contributed by atoms with Gasteiger partial charge in [-0.2, -0.15) is 0 Å². The number of nitrogens with zero attached hydrogens (tertiary/aromatic N) is 2. The average Bonchev–Trinajstić information content (AvgIpc) is 3.21. The molecule has 2 heterocycles. The van der Waals surface area contributed by atoms with E-state index in [1.165, 1.54) is 0 Å². The highest BCUT2D eigenvalue weighted by Crippen LogP contribution is 2.52. The van der Waals surface area contributed by atoms with Crippen molar-refractivity contribution in [2.75, 3.05) is 51.9 Å². The molecule has 0 bridgehead atoms. The lowest BCUT2D eigenvalue weighted by molar-refractivity contribution is -0.229. The Morgan fingerprint density at radius 2 is 1.74 bits per heavy atom. The summed E-state index contributed by atoms with van der Waals surface area (Å²) in [6, 6.07) is 10.7. The minimum atomic E-state index is -1.57. The summed E-state index contributed by atoms with van der Waals surface area (Å²) in [6.45, 7) is -1.00. The van der Waals surface area contributed by atoms with E-state index in [0.29, 0.717) is 39.3 Å². The van der Waals surface area contributed by atoms with Crippen LogP contribution >= 0.6 is 11.6 Å². The predicted molar refractivity (Wildman–Crippen MR) is 128 cm³/mol. The Labute approximate surface area is 206 Å². The van der Waals surface area contributed by atoms with Gasteiger partial charge in [0.2, 0.25) is 0 Å². The lowest BCUT2D eigenvalue weighted by Crippen LogP contribution is -2.50. The van der Waals surface area contributed by atoms with Crippen LogP contribution in [-0.2, 0) is 15.9 Å². The number of benzene rings is 2. The summed E-state index contributed by atoms with van der Waals surface area (Å²) in [5, 5.41) is 0.806. The van der Waals surface area contributed by atoms with E-state index in [-0.39, 0.29) is 31.4 Å². The zero-order valence-corrected chi connectivity index (χ0v) is 20.2. The van der Waals surface area contributed by atoms with Gasteiger partial charge in [-0.25, -0.2) is 18.2 Å². The van der Waals surface area contributed by atoms with E-state index in [2.05, 4.69) is 4.98 Å². The lowest BCUT2D eigenvalue weighted by Gasteiger charge is -2.40. The Balaban J connectivity index is 2.00. The van der Waals surface area contributed by atoms with Crippen LogP contribution in [0.15, 0.2) is 36.4 Å². The van der Waals surface area contributed by atoms with E-state index >= 15 is 0 Å². The van der Waals surface area contributed by atoms with Crippen molar-refractivity contribution in [3.8, 4) is 11.5 Å². The van der Waals surface area contributed by atoms with Crippen molar-refractivity contribution in [1.29, 1.82) is 0 Å². The standard InChI is InChI=1S/C25H26ClF3N2O4/c1-16-14-17(32-2)6-7-20(16)31-23-18-4-3-5-21(33-11-8-27)22(18)30-24(26)19(23)15-25(31,34-12-9-28)35-13-10-29/h3-7,14H,8-13,15H2,1-2H3. The number of ether oxygens (including phenoxy) is 4. The largest absolute Gasteiger partial charge is 0.497 e. The molecule has 35 heavy (non-hydrogen) atoms. The highest BCUT2D eigenvalue weighted by atomic mass is 35.5. The van der Waals surface area contributed by atoms with Crippen LogP contribution in [-0.4, -0.2) is 57.8 Å². The molecule has 0 radical (unpaired) electrons. The minimum absolute atomic E-state index is 0.0745. The lowest BCUT2D eigenvalue weighted by atomic mass is 10.1. The number of para-hydroxylation sites is 1. The van der Waals surface area contributed by atoms with Gasteiger partial charge in [0.25, 0.3) is 5.91 Å². The molecule has 0 saturated heterocycles. The van der Waals surface area contributed by atoms with Gasteiger partial charge in [-0.15, -0.1) is 0 Å². The first-order valence-electron chi connectivity index (χ1n) is 11.1. The first-order valence-corrected chi connectivity index (χ1v) is 11.5. The molecule has 6 nitrogen and oxygen atoms in total. The average molecular weight is 511 g/mol. The second kappa shape index (κ2) is 10.9. The zero-order valence-electron chi connectivity index (χ0n) is 19.5. The Hall–Kier alpha value is -2.75. The van der Waals surface area contributed by atoms with Gasteiger partial charge < -0.3 is 18.9 Å². The predicted octanol–water partition coefficient (Wildman–Crippen LogP) is 5.87. The quantitative estimate of drug-likeness (QED) is 0.237. The third kappa shape index (κ3) is 4.72. The van der Waals surface area contributed by atoms with Crippen LogP contribution < -0.4 is 14.4 Å². The van der Waals surface area contributed by atoms with E-state index in [0.717, 1.165) is 5.56 Å². The van der Waals surface area contributed by atoms with Crippen LogP contribution in [0.3, 0.4) is 0 Å².